The van der Waals surface area contributed by atoms with Crippen LogP contribution in [0.3, 0.4) is 0 Å². The van der Waals surface area contributed by atoms with Gasteiger partial charge < -0.3 is 19.8 Å². The molecule has 0 bridgehead atoms. The lowest BCUT2D eigenvalue weighted by molar-refractivity contribution is 0.0996. The van der Waals surface area contributed by atoms with Gasteiger partial charge in [0.05, 0.1) is 6.10 Å². The van der Waals surface area contributed by atoms with Gasteiger partial charge in [-0.15, -0.1) is 0 Å². The number of amides is 2. The summed E-state index contributed by atoms with van der Waals surface area (Å²) in [5.74, 6) is 0.435. The summed E-state index contributed by atoms with van der Waals surface area (Å²) in [6, 6.07) is 21.6. The number of nitrogens with one attached hydrogen (secondary N) is 2. The molecule has 0 saturated heterocycles. The molecule has 1 unspecified atom stereocenters. The second kappa shape index (κ2) is 9.61. The fraction of sp³-hybridized carbons (Fsp3) is 0.185. The maximum atomic E-state index is 12.6. The number of ether oxygens (including phenoxy) is 1. The molecule has 6 heteroatoms. The number of benzene rings is 3. The Kier molecular flexibility index (Phi) is 6.45. The van der Waals surface area contributed by atoms with E-state index in [4.69, 9.17) is 9.15 Å². The van der Waals surface area contributed by atoms with Crippen LogP contribution in [0.1, 0.15) is 46.7 Å². The van der Waals surface area contributed by atoms with Gasteiger partial charge in [-0.3, -0.25) is 9.59 Å². The third-order valence-corrected chi connectivity index (χ3v) is 5.41. The molecule has 3 aromatic carbocycles. The molecule has 0 spiro atoms. The molecule has 6 nitrogen and oxygen atoms in total. The number of hydrogen-bond donors (Lipinski definition) is 2. The molecule has 0 aliphatic carbocycles. The van der Waals surface area contributed by atoms with Crippen molar-refractivity contribution in [3.63, 3.8) is 0 Å². The Morgan fingerprint density at radius 3 is 2.39 bits per heavy atom. The second-order valence-electron chi connectivity index (χ2n) is 7.95. The average molecular weight is 443 g/mol. The van der Waals surface area contributed by atoms with Crippen molar-refractivity contribution in [1.82, 2.24) is 0 Å². The molecule has 0 radical (unpaired) electrons. The van der Waals surface area contributed by atoms with Crippen LogP contribution in [0, 0.1) is 6.92 Å². The standard InChI is InChI=1S/C27H26N2O4/c1-4-18(3)32-22-12-9-19(10-13-22)26(30)28-21-11-14-23(17(2)15-21)29-27(31)25-16-20-7-5-6-8-24(20)33-25/h5-16,18H,4H2,1-3H3,(H,28,30)(H,29,31). The van der Waals surface area contributed by atoms with Crippen molar-refractivity contribution < 1.29 is 18.7 Å². The minimum Gasteiger partial charge on any atom is -0.491 e. The van der Waals surface area contributed by atoms with Crippen LogP contribution in [-0.2, 0) is 0 Å². The van der Waals surface area contributed by atoms with E-state index in [1.165, 1.54) is 0 Å². The molecule has 0 fully saturated rings. The zero-order valence-corrected chi connectivity index (χ0v) is 18.8. The largest absolute Gasteiger partial charge is 0.491 e. The molecular weight excluding hydrogens is 416 g/mol. The first-order valence-electron chi connectivity index (χ1n) is 10.9. The van der Waals surface area contributed by atoms with E-state index in [0.29, 0.717) is 22.5 Å². The number of aryl methyl sites for hydroxylation is 1. The topological polar surface area (TPSA) is 80.6 Å². The van der Waals surface area contributed by atoms with Crippen molar-refractivity contribution in [2.75, 3.05) is 10.6 Å². The van der Waals surface area contributed by atoms with Crippen LogP contribution in [0.25, 0.3) is 11.0 Å². The van der Waals surface area contributed by atoms with Crippen molar-refractivity contribution in [2.24, 2.45) is 0 Å². The molecule has 4 aromatic rings. The van der Waals surface area contributed by atoms with Crippen LogP contribution >= 0.6 is 0 Å². The zero-order chi connectivity index (χ0) is 23.4. The van der Waals surface area contributed by atoms with Crippen molar-refractivity contribution in [3.8, 4) is 5.75 Å². The Bertz CT molecular complexity index is 1260. The minimum absolute atomic E-state index is 0.124. The fourth-order valence-corrected chi connectivity index (χ4v) is 3.36. The van der Waals surface area contributed by atoms with Crippen LogP contribution in [0.4, 0.5) is 11.4 Å². The number of anilines is 2. The monoisotopic (exact) mass is 442 g/mol. The number of furan rings is 1. The molecule has 0 aliphatic rings. The van der Waals surface area contributed by atoms with E-state index in [2.05, 4.69) is 17.6 Å². The number of para-hydroxylation sites is 1. The van der Waals surface area contributed by atoms with Crippen LogP contribution in [-0.4, -0.2) is 17.9 Å². The van der Waals surface area contributed by atoms with Gasteiger partial charge in [0.2, 0.25) is 0 Å². The number of fused-ring (bicyclic) bond motifs is 1. The predicted octanol–water partition coefficient (Wildman–Crippen LogP) is 6.42. The lowest BCUT2D eigenvalue weighted by Gasteiger charge is -2.13. The first-order valence-corrected chi connectivity index (χ1v) is 10.9. The Balaban J connectivity index is 1.40. The van der Waals surface area contributed by atoms with Crippen molar-refractivity contribution in [2.45, 2.75) is 33.3 Å². The summed E-state index contributed by atoms with van der Waals surface area (Å²) in [5, 5.41) is 6.63. The molecule has 1 aromatic heterocycles. The molecule has 1 atom stereocenters. The maximum absolute atomic E-state index is 12.6. The Morgan fingerprint density at radius 1 is 0.939 bits per heavy atom. The van der Waals surface area contributed by atoms with E-state index >= 15 is 0 Å². The first-order chi connectivity index (χ1) is 15.9. The molecule has 4 rings (SSSR count). The van der Waals surface area contributed by atoms with Crippen LogP contribution in [0.2, 0.25) is 0 Å². The van der Waals surface area contributed by atoms with Gasteiger partial charge in [-0.2, -0.15) is 0 Å². The summed E-state index contributed by atoms with van der Waals surface area (Å²) in [7, 11) is 0. The predicted molar refractivity (Wildman–Crippen MR) is 130 cm³/mol. The highest BCUT2D eigenvalue weighted by Crippen LogP contribution is 2.24. The zero-order valence-electron chi connectivity index (χ0n) is 18.8. The molecule has 2 N–H and O–H groups in total. The van der Waals surface area contributed by atoms with E-state index in [9.17, 15) is 9.59 Å². The summed E-state index contributed by atoms with van der Waals surface area (Å²) in [6.45, 7) is 5.93. The number of rotatable bonds is 7. The lowest BCUT2D eigenvalue weighted by atomic mass is 10.1. The van der Waals surface area contributed by atoms with Gasteiger partial charge >= 0.3 is 0 Å². The third-order valence-electron chi connectivity index (χ3n) is 5.41. The Morgan fingerprint density at radius 2 is 1.70 bits per heavy atom. The molecular formula is C27H26N2O4. The number of carbonyl (C=O) groups excluding carboxylic acids is 2. The van der Waals surface area contributed by atoms with Gasteiger partial charge in [0.15, 0.2) is 5.76 Å². The van der Waals surface area contributed by atoms with Gasteiger partial charge in [0.1, 0.15) is 11.3 Å². The smallest absolute Gasteiger partial charge is 0.291 e. The van der Waals surface area contributed by atoms with E-state index in [-0.39, 0.29) is 23.7 Å². The van der Waals surface area contributed by atoms with Crippen molar-refractivity contribution in [1.29, 1.82) is 0 Å². The highest BCUT2D eigenvalue weighted by Gasteiger charge is 2.14. The van der Waals surface area contributed by atoms with E-state index in [0.717, 1.165) is 23.1 Å². The number of carbonyl (C=O) groups is 2. The van der Waals surface area contributed by atoms with Gasteiger partial charge in [-0.05, 0) is 80.4 Å². The lowest BCUT2D eigenvalue weighted by Crippen LogP contribution is -2.14. The quantitative estimate of drug-likeness (QED) is 0.346. The molecule has 2 amide bonds. The normalized spacial score (nSPS) is 11.7. The van der Waals surface area contributed by atoms with E-state index < -0.39 is 0 Å². The van der Waals surface area contributed by atoms with E-state index in [1.807, 2.05) is 44.2 Å². The molecule has 0 saturated carbocycles. The van der Waals surface area contributed by atoms with E-state index in [1.54, 1.807) is 42.5 Å². The summed E-state index contributed by atoms with van der Waals surface area (Å²) < 4.78 is 11.4. The third kappa shape index (κ3) is 5.23. The number of hydrogen-bond acceptors (Lipinski definition) is 4. The van der Waals surface area contributed by atoms with Crippen LogP contribution in [0.5, 0.6) is 5.75 Å². The summed E-state index contributed by atoms with van der Waals surface area (Å²) in [5.41, 5.74) is 3.29. The van der Waals surface area contributed by atoms with Crippen molar-refractivity contribution >= 4 is 34.2 Å². The van der Waals surface area contributed by atoms with Crippen molar-refractivity contribution in [3.05, 3.63) is 89.7 Å². The molecule has 33 heavy (non-hydrogen) atoms. The van der Waals surface area contributed by atoms with Gasteiger partial charge in [0, 0.05) is 22.3 Å². The highest BCUT2D eigenvalue weighted by atomic mass is 16.5. The summed E-state index contributed by atoms with van der Waals surface area (Å²) in [6.07, 6.45) is 1.04. The van der Waals surface area contributed by atoms with Gasteiger partial charge in [-0.1, -0.05) is 25.1 Å². The van der Waals surface area contributed by atoms with Gasteiger partial charge in [0.25, 0.3) is 11.8 Å². The maximum Gasteiger partial charge on any atom is 0.291 e. The van der Waals surface area contributed by atoms with Crippen LogP contribution < -0.4 is 15.4 Å². The van der Waals surface area contributed by atoms with Crippen LogP contribution in [0.15, 0.2) is 77.2 Å². The molecule has 168 valence electrons. The summed E-state index contributed by atoms with van der Waals surface area (Å²) >= 11 is 0. The molecule has 1 heterocycles. The fourth-order valence-electron chi connectivity index (χ4n) is 3.36. The minimum atomic E-state index is -0.328. The first kappa shape index (κ1) is 22.1. The van der Waals surface area contributed by atoms with Gasteiger partial charge in [-0.25, -0.2) is 0 Å². The SMILES string of the molecule is CCC(C)Oc1ccc(C(=O)Nc2ccc(NC(=O)c3cc4ccccc4o3)c(C)c2)cc1. The average Bonchev–Trinajstić information content (AvgIpc) is 3.26. The summed E-state index contributed by atoms with van der Waals surface area (Å²) in [4.78, 5) is 25.2. The highest BCUT2D eigenvalue weighted by molar-refractivity contribution is 6.06. The molecule has 0 aliphatic heterocycles. The Labute approximate surface area is 192 Å². The second-order valence-corrected chi connectivity index (χ2v) is 7.95. The Hall–Kier alpha value is -4.06.